The van der Waals surface area contributed by atoms with Gasteiger partial charge in [-0.2, -0.15) is 4.98 Å². The molecule has 0 spiro atoms. The number of carbonyl (C=O) groups is 1. The summed E-state index contributed by atoms with van der Waals surface area (Å²) in [4.78, 5) is 30.9. The van der Waals surface area contributed by atoms with E-state index in [2.05, 4.69) is 16.0 Å². The van der Waals surface area contributed by atoms with Gasteiger partial charge in [-0.15, -0.1) is 22.7 Å². The Bertz CT molecular complexity index is 1250. The molecule has 4 heterocycles. The van der Waals surface area contributed by atoms with Crippen molar-refractivity contribution in [3.8, 4) is 5.88 Å². The summed E-state index contributed by atoms with van der Waals surface area (Å²) in [5.41, 5.74) is 1.85. The van der Waals surface area contributed by atoms with Crippen molar-refractivity contribution < 1.29 is 14.3 Å². The summed E-state index contributed by atoms with van der Waals surface area (Å²) < 4.78 is 11.8. The van der Waals surface area contributed by atoms with Crippen LogP contribution in [0.4, 0.5) is 0 Å². The second kappa shape index (κ2) is 8.14. The molecule has 5 rings (SSSR count). The Labute approximate surface area is 187 Å². The highest BCUT2D eigenvalue weighted by molar-refractivity contribution is 7.20. The fourth-order valence-electron chi connectivity index (χ4n) is 4.12. The molecule has 4 aromatic rings. The van der Waals surface area contributed by atoms with Gasteiger partial charge in [0, 0.05) is 13.7 Å². The number of carbonyl (C=O) groups excluding carboxylic acids is 1. The largest absolute Gasteiger partial charge is 0.480 e. The number of aryl methyl sites for hydroxylation is 1. The molecule has 0 bridgehead atoms. The molecular weight excluding hydrogens is 432 g/mol. The van der Waals surface area contributed by atoms with Gasteiger partial charge in [0.25, 0.3) is 5.91 Å². The molecule has 31 heavy (non-hydrogen) atoms. The Morgan fingerprint density at radius 3 is 2.81 bits per heavy atom. The second-order valence-electron chi connectivity index (χ2n) is 7.49. The van der Waals surface area contributed by atoms with Gasteiger partial charge < -0.3 is 14.4 Å². The molecule has 1 atom stereocenters. The predicted octanol–water partition coefficient (Wildman–Crippen LogP) is 4.74. The number of nitrogens with zero attached hydrogens (tertiary/aromatic N) is 4. The first-order chi connectivity index (χ1) is 15.1. The number of thiophene rings is 1. The maximum absolute atomic E-state index is 13.6. The van der Waals surface area contributed by atoms with Gasteiger partial charge in [-0.05, 0) is 37.5 Å². The minimum atomic E-state index is 0.00606. The van der Waals surface area contributed by atoms with Gasteiger partial charge in [-0.3, -0.25) is 4.79 Å². The number of amides is 1. The van der Waals surface area contributed by atoms with Crippen molar-refractivity contribution in [2.24, 2.45) is 0 Å². The van der Waals surface area contributed by atoms with Crippen molar-refractivity contribution in [2.45, 2.75) is 32.4 Å². The van der Waals surface area contributed by atoms with Crippen molar-refractivity contribution in [3.63, 3.8) is 0 Å². The first kappa shape index (κ1) is 20.3. The normalized spacial score (nSPS) is 16.5. The average molecular weight is 455 g/mol. The number of aromatic nitrogens is 3. The van der Waals surface area contributed by atoms with Gasteiger partial charge in [0.2, 0.25) is 5.88 Å². The fraction of sp³-hybridized carbons (Fsp3) is 0.364. The number of thiazole rings is 1. The van der Waals surface area contributed by atoms with Crippen molar-refractivity contribution >= 4 is 49.0 Å². The van der Waals surface area contributed by atoms with Crippen molar-refractivity contribution in [3.05, 3.63) is 45.5 Å². The summed E-state index contributed by atoms with van der Waals surface area (Å²) in [6.07, 6.45) is 1.90. The summed E-state index contributed by atoms with van der Waals surface area (Å²) in [6, 6.07) is 8.13. The van der Waals surface area contributed by atoms with Gasteiger partial charge in [0.1, 0.15) is 16.4 Å². The van der Waals surface area contributed by atoms with E-state index < -0.39 is 0 Å². The Morgan fingerprint density at radius 1 is 1.19 bits per heavy atom. The highest BCUT2D eigenvalue weighted by Crippen LogP contribution is 2.40. The molecule has 1 aliphatic heterocycles. The van der Waals surface area contributed by atoms with Crippen LogP contribution in [0.1, 0.15) is 45.0 Å². The van der Waals surface area contributed by atoms with Crippen molar-refractivity contribution in [2.75, 3.05) is 20.8 Å². The molecule has 0 radical (unpaired) electrons. The zero-order chi connectivity index (χ0) is 21.5. The third-order valence-corrected chi connectivity index (χ3v) is 7.88. The molecule has 3 aromatic heterocycles. The zero-order valence-corrected chi connectivity index (χ0v) is 19.2. The van der Waals surface area contributed by atoms with E-state index >= 15 is 0 Å². The predicted molar refractivity (Wildman–Crippen MR) is 122 cm³/mol. The number of ether oxygens (including phenoxy) is 2. The van der Waals surface area contributed by atoms with Gasteiger partial charge in [0.05, 0.1) is 33.6 Å². The minimum Gasteiger partial charge on any atom is -0.480 e. The van der Waals surface area contributed by atoms with Crippen LogP contribution in [0.25, 0.3) is 20.4 Å². The van der Waals surface area contributed by atoms with E-state index in [1.807, 2.05) is 30.0 Å². The molecule has 1 saturated heterocycles. The molecule has 1 amide bonds. The van der Waals surface area contributed by atoms with E-state index in [1.54, 1.807) is 25.6 Å². The third-order valence-electron chi connectivity index (χ3n) is 5.57. The molecule has 1 unspecified atom stereocenters. The lowest BCUT2D eigenvalue weighted by Crippen LogP contribution is -2.30. The van der Waals surface area contributed by atoms with Crippen LogP contribution in [0.2, 0.25) is 0 Å². The summed E-state index contributed by atoms with van der Waals surface area (Å²) in [5.74, 6) is 1.05. The van der Waals surface area contributed by atoms with Crippen LogP contribution in [0.3, 0.4) is 0 Å². The lowest BCUT2D eigenvalue weighted by Gasteiger charge is -2.22. The Kier molecular flexibility index (Phi) is 5.33. The summed E-state index contributed by atoms with van der Waals surface area (Å²) >= 11 is 3.07. The molecule has 160 valence electrons. The highest BCUT2D eigenvalue weighted by atomic mass is 32.1. The second-order valence-corrected chi connectivity index (χ2v) is 9.56. The Balaban J connectivity index is 1.53. The van der Waals surface area contributed by atoms with E-state index in [-0.39, 0.29) is 11.9 Å². The number of likely N-dealkylation sites (tertiary alicyclic amines) is 1. The van der Waals surface area contributed by atoms with E-state index in [1.165, 1.54) is 11.3 Å². The first-order valence-electron chi connectivity index (χ1n) is 10.1. The van der Waals surface area contributed by atoms with Crippen LogP contribution >= 0.6 is 22.7 Å². The van der Waals surface area contributed by atoms with E-state index in [0.29, 0.717) is 23.2 Å². The number of para-hydroxylation sites is 1. The van der Waals surface area contributed by atoms with Gasteiger partial charge in [-0.25, -0.2) is 9.97 Å². The quantitative estimate of drug-likeness (QED) is 0.433. The van der Waals surface area contributed by atoms with Gasteiger partial charge >= 0.3 is 0 Å². The number of hydrogen-bond donors (Lipinski definition) is 0. The first-order valence-corrected chi connectivity index (χ1v) is 11.7. The number of fused-ring (bicyclic) bond motifs is 2. The molecule has 0 saturated carbocycles. The topological polar surface area (TPSA) is 77.4 Å². The SMILES string of the molecule is COCc1nc(OC)c2c(C)c(C(=O)N3CCCC3c3nc4ccccc4s3)sc2n1. The molecular formula is C22H22N4O3S2. The highest BCUT2D eigenvalue weighted by Gasteiger charge is 2.35. The maximum atomic E-state index is 13.6. The van der Waals surface area contributed by atoms with E-state index in [9.17, 15) is 4.79 Å². The molecule has 1 fully saturated rings. The van der Waals surface area contributed by atoms with Crippen LogP contribution in [-0.4, -0.2) is 46.5 Å². The summed E-state index contributed by atoms with van der Waals surface area (Å²) in [7, 11) is 3.19. The van der Waals surface area contributed by atoms with Crippen LogP contribution in [0.15, 0.2) is 24.3 Å². The van der Waals surface area contributed by atoms with Crippen LogP contribution in [0.5, 0.6) is 5.88 Å². The zero-order valence-electron chi connectivity index (χ0n) is 17.5. The number of methoxy groups -OCH3 is 2. The fourth-order valence-corrected chi connectivity index (χ4v) is 6.38. The van der Waals surface area contributed by atoms with E-state index in [0.717, 1.165) is 50.4 Å². The van der Waals surface area contributed by atoms with Crippen LogP contribution in [-0.2, 0) is 11.3 Å². The number of benzene rings is 1. The number of hydrogen-bond acceptors (Lipinski definition) is 8. The molecule has 0 aliphatic carbocycles. The molecule has 1 aliphatic rings. The smallest absolute Gasteiger partial charge is 0.264 e. The number of rotatable bonds is 5. The van der Waals surface area contributed by atoms with Crippen LogP contribution in [0, 0.1) is 6.92 Å². The van der Waals surface area contributed by atoms with Gasteiger partial charge in [0.15, 0.2) is 5.82 Å². The van der Waals surface area contributed by atoms with Gasteiger partial charge in [-0.1, -0.05) is 12.1 Å². The standard InChI is InChI=1S/C22H22N4O3S2/c1-12-17-19(29-3)24-16(11-28-2)25-21(17)31-18(12)22(27)26-10-6-8-14(26)20-23-13-7-4-5-9-15(13)30-20/h4-5,7,9,14H,6,8,10-11H2,1-3H3. The van der Waals surface area contributed by atoms with Crippen molar-refractivity contribution in [1.29, 1.82) is 0 Å². The average Bonchev–Trinajstić information content (AvgIpc) is 3.49. The maximum Gasteiger partial charge on any atom is 0.264 e. The molecule has 7 nitrogen and oxygen atoms in total. The van der Waals surface area contributed by atoms with Crippen molar-refractivity contribution in [1.82, 2.24) is 19.9 Å². The Hall–Kier alpha value is -2.62. The van der Waals surface area contributed by atoms with E-state index in [4.69, 9.17) is 14.5 Å². The minimum absolute atomic E-state index is 0.00606. The summed E-state index contributed by atoms with van der Waals surface area (Å²) in [6.45, 7) is 2.96. The lowest BCUT2D eigenvalue weighted by atomic mass is 10.2. The monoisotopic (exact) mass is 454 g/mol. The third kappa shape index (κ3) is 3.46. The lowest BCUT2D eigenvalue weighted by molar-refractivity contribution is 0.0740. The Morgan fingerprint density at radius 2 is 2.03 bits per heavy atom. The molecule has 9 heteroatoms. The molecule has 0 N–H and O–H groups in total. The summed E-state index contributed by atoms with van der Waals surface area (Å²) in [5, 5.41) is 1.80. The molecule has 1 aromatic carbocycles. The van der Waals surface area contributed by atoms with Crippen LogP contribution < -0.4 is 4.74 Å².